The zero-order valence-electron chi connectivity index (χ0n) is 17.2. The number of carbonyl (C=O) groups excluding carboxylic acids is 2. The maximum atomic E-state index is 12.7. The van der Waals surface area contributed by atoms with E-state index in [1.807, 2.05) is 0 Å². The van der Waals surface area contributed by atoms with Crippen molar-refractivity contribution in [1.29, 1.82) is 0 Å². The molecule has 0 aliphatic heterocycles. The van der Waals surface area contributed by atoms with Crippen molar-refractivity contribution in [3.63, 3.8) is 0 Å². The topological polar surface area (TPSA) is 73.9 Å². The fraction of sp³-hybridized carbons (Fsp3) is 0.455. The third-order valence-corrected chi connectivity index (χ3v) is 6.14. The minimum atomic E-state index is -0.725. The normalized spacial score (nSPS) is 16.5. The molecule has 156 valence electrons. The summed E-state index contributed by atoms with van der Waals surface area (Å²) in [6.07, 6.45) is 2.05. The Morgan fingerprint density at radius 2 is 1.93 bits per heavy atom. The smallest absolute Gasteiger partial charge is 0.341 e. The summed E-state index contributed by atoms with van der Waals surface area (Å²) in [6.45, 7) is 5.96. The number of methoxy groups -OCH3 is 1. The van der Waals surface area contributed by atoms with Gasteiger partial charge in [0.1, 0.15) is 16.5 Å². The Morgan fingerprint density at radius 1 is 1.24 bits per heavy atom. The van der Waals surface area contributed by atoms with Crippen molar-refractivity contribution in [3.05, 3.63) is 40.3 Å². The van der Waals surface area contributed by atoms with Crippen molar-refractivity contribution in [2.45, 2.75) is 46.1 Å². The molecule has 1 aromatic carbocycles. The molecule has 7 heteroatoms. The van der Waals surface area contributed by atoms with E-state index in [2.05, 4.69) is 12.2 Å². The highest BCUT2D eigenvalue weighted by atomic mass is 32.1. The molecule has 1 N–H and O–H groups in total. The highest BCUT2D eigenvalue weighted by molar-refractivity contribution is 7.17. The van der Waals surface area contributed by atoms with Crippen LogP contribution in [0, 0.1) is 5.92 Å². The summed E-state index contributed by atoms with van der Waals surface area (Å²) >= 11 is 1.47. The number of carbonyl (C=O) groups is 2. The molecule has 2 aromatic rings. The predicted octanol–water partition coefficient (Wildman–Crippen LogP) is 4.46. The molecule has 1 aliphatic rings. The first kappa shape index (κ1) is 21.2. The summed E-state index contributed by atoms with van der Waals surface area (Å²) in [6, 6.07) is 7.04. The van der Waals surface area contributed by atoms with Gasteiger partial charge in [-0.1, -0.05) is 6.92 Å². The molecule has 1 amide bonds. The number of fused-ring (bicyclic) bond motifs is 1. The molecule has 1 aromatic heterocycles. The molecule has 3 rings (SSSR count). The number of anilines is 1. The van der Waals surface area contributed by atoms with Crippen LogP contribution in [-0.2, 0) is 22.4 Å². The predicted molar refractivity (Wildman–Crippen MR) is 113 cm³/mol. The zero-order chi connectivity index (χ0) is 21.0. The second-order valence-corrected chi connectivity index (χ2v) is 8.31. The zero-order valence-corrected chi connectivity index (χ0v) is 18.1. The second kappa shape index (κ2) is 9.31. The number of benzene rings is 1. The van der Waals surface area contributed by atoms with E-state index in [9.17, 15) is 9.59 Å². The number of hydrogen-bond acceptors (Lipinski definition) is 6. The van der Waals surface area contributed by atoms with E-state index in [4.69, 9.17) is 14.2 Å². The van der Waals surface area contributed by atoms with E-state index < -0.39 is 6.10 Å². The largest absolute Gasteiger partial charge is 0.497 e. The Bertz CT molecular complexity index is 874. The van der Waals surface area contributed by atoms with E-state index in [0.29, 0.717) is 34.6 Å². The maximum Gasteiger partial charge on any atom is 0.341 e. The third kappa shape index (κ3) is 4.90. The first-order valence-electron chi connectivity index (χ1n) is 9.86. The van der Waals surface area contributed by atoms with Gasteiger partial charge in [-0.15, -0.1) is 11.3 Å². The number of hydrogen-bond donors (Lipinski definition) is 1. The summed E-state index contributed by atoms with van der Waals surface area (Å²) in [5, 5.41) is 3.45. The average molecular weight is 418 g/mol. The number of nitrogens with one attached hydrogen (secondary N) is 1. The molecule has 1 aliphatic carbocycles. The third-order valence-electron chi connectivity index (χ3n) is 4.97. The Labute approximate surface area is 175 Å². The quantitative estimate of drug-likeness (QED) is 0.673. The van der Waals surface area contributed by atoms with Gasteiger partial charge < -0.3 is 19.5 Å². The Kier molecular flexibility index (Phi) is 6.79. The number of amides is 1. The Morgan fingerprint density at radius 3 is 2.59 bits per heavy atom. The van der Waals surface area contributed by atoms with Gasteiger partial charge in [-0.05, 0) is 68.9 Å². The van der Waals surface area contributed by atoms with Crippen molar-refractivity contribution in [1.82, 2.24) is 0 Å². The molecule has 29 heavy (non-hydrogen) atoms. The lowest BCUT2D eigenvalue weighted by atomic mass is 9.88. The van der Waals surface area contributed by atoms with Crippen LogP contribution in [0.5, 0.6) is 11.5 Å². The lowest BCUT2D eigenvalue weighted by Crippen LogP contribution is -2.30. The molecular formula is C22H27NO5S. The molecule has 0 saturated heterocycles. The molecular weight excluding hydrogens is 390 g/mol. The number of thiophene rings is 1. The molecule has 0 unspecified atom stereocenters. The van der Waals surface area contributed by atoms with Gasteiger partial charge in [0.05, 0.1) is 19.3 Å². The van der Waals surface area contributed by atoms with Gasteiger partial charge in [-0.25, -0.2) is 4.79 Å². The van der Waals surface area contributed by atoms with E-state index in [1.54, 1.807) is 45.2 Å². The maximum absolute atomic E-state index is 12.7. The highest BCUT2D eigenvalue weighted by Gasteiger charge is 2.30. The summed E-state index contributed by atoms with van der Waals surface area (Å²) in [5.74, 6) is 1.17. The fourth-order valence-electron chi connectivity index (χ4n) is 3.38. The number of ether oxygens (including phenoxy) is 3. The van der Waals surface area contributed by atoms with Crippen LogP contribution in [0.25, 0.3) is 0 Å². The molecule has 6 nitrogen and oxygen atoms in total. The SMILES string of the molecule is CCOC(=O)c1c(NC(=O)[C@H](C)Oc2ccc(OC)cc2)sc2c1CC[C@@H](C)C2. The van der Waals surface area contributed by atoms with Crippen LogP contribution < -0.4 is 14.8 Å². The van der Waals surface area contributed by atoms with Crippen molar-refractivity contribution < 1.29 is 23.8 Å². The summed E-state index contributed by atoms with van der Waals surface area (Å²) in [7, 11) is 1.59. The number of rotatable bonds is 7. The van der Waals surface area contributed by atoms with Gasteiger partial charge in [0.2, 0.25) is 0 Å². The molecule has 2 atom stereocenters. The van der Waals surface area contributed by atoms with Crippen molar-refractivity contribution in [3.8, 4) is 11.5 Å². The number of esters is 1. The molecule has 1 heterocycles. The van der Waals surface area contributed by atoms with E-state index in [0.717, 1.165) is 29.7 Å². The molecule has 0 saturated carbocycles. The molecule has 0 spiro atoms. The fourth-order valence-corrected chi connectivity index (χ4v) is 4.79. The van der Waals surface area contributed by atoms with Crippen LogP contribution >= 0.6 is 11.3 Å². The van der Waals surface area contributed by atoms with E-state index >= 15 is 0 Å². The van der Waals surface area contributed by atoms with Crippen LogP contribution in [0.1, 0.15) is 48.0 Å². The first-order chi connectivity index (χ1) is 13.9. The van der Waals surface area contributed by atoms with Crippen LogP contribution in [0.3, 0.4) is 0 Å². The van der Waals surface area contributed by atoms with Gasteiger partial charge >= 0.3 is 5.97 Å². The minimum absolute atomic E-state index is 0.296. The molecule has 0 bridgehead atoms. The monoisotopic (exact) mass is 417 g/mol. The van der Waals surface area contributed by atoms with Crippen LogP contribution in [0.2, 0.25) is 0 Å². The van der Waals surface area contributed by atoms with Crippen LogP contribution in [0.4, 0.5) is 5.00 Å². The summed E-state index contributed by atoms with van der Waals surface area (Å²) < 4.78 is 16.1. The first-order valence-corrected chi connectivity index (χ1v) is 10.7. The van der Waals surface area contributed by atoms with Crippen LogP contribution in [-0.4, -0.2) is 31.7 Å². The van der Waals surface area contributed by atoms with Gasteiger partial charge in [-0.3, -0.25) is 4.79 Å². The lowest BCUT2D eigenvalue weighted by Gasteiger charge is -2.18. The van der Waals surface area contributed by atoms with Crippen LogP contribution in [0.15, 0.2) is 24.3 Å². The van der Waals surface area contributed by atoms with Gasteiger partial charge in [0.15, 0.2) is 6.10 Å². The molecule has 0 radical (unpaired) electrons. The van der Waals surface area contributed by atoms with Gasteiger partial charge in [0.25, 0.3) is 5.91 Å². The van der Waals surface area contributed by atoms with Crippen molar-refractivity contribution in [2.75, 3.05) is 19.0 Å². The lowest BCUT2D eigenvalue weighted by molar-refractivity contribution is -0.122. The van der Waals surface area contributed by atoms with Gasteiger partial charge in [-0.2, -0.15) is 0 Å². The van der Waals surface area contributed by atoms with Crippen molar-refractivity contribution in [2.24, 2.45) is 5.92 Å². The van der Waals surface area contributed by atoms with E-state index in [-0.39, 0.29) is 11.9 Å². The summed E-state index contributed by atoms with van der Waals surface area (Å²) in [5.41, 5.74) is 1.52. The Balaban J connectivity index is 1.77. The second-order valence-electron chi connectivity index (χ2n) is 7.20. The van der Waals surface area contributed by atoms with Crippen molar-refractivity contribution >= 4 is 28.2 Å². The summed E-state index contributed by atoms with van der Waals surface area (Å²) in [4.78, 5) is 26.5. The average Bonchev–Trinajstić information content (AvgIpc) is 3.05. The molecule has 0 fully saturated rings. The van der Waals surface area contributed by atoms with E-state index in [1.165, 1.54) is 11.3 Å². The highest BCUT2D eigenvalue weighted by Crippen LogP contribution is 2.40. The standard InChI is InChI=1S/C22H27NO5S/c1-5-27-22(25)19-17-11-6-13(2)12-18(17)29-21(19)23-20(24)14(3)28-16-9-7-15(26-4)8-10-16/h7-10,13-14H,5-6,11-12H2,1-4H3,(H,23,24)/t13-,14+/m1/s1. The minimum Gasteiger partial charge on any atom is -0.497 e. The Hall–Kier alpha value is -2.54. The van der Waals surface area contributed by atoms with Gasteiger partial charge in [0, 0.05) is 4.88 Å².